The number of nitrogens with one attached hydrogen (secondary N) is 2. The first-order valence-electron chi connectivity index (χ1n) is 8.41. The third-order valence-electron chi connectivity index (χ3n) is 3.74. The van der Waals surface area contributed by atoms with Gasteiger partial charge in [-0.3, -0.25) is 24.5 Å². The maximum atomic E-state index is 12.0. The van der Waals surface area contributed by atoms with Crippen molar-refractivity contribution in [3.63, 3.8) is 0 Å². The van der Waals surface area contributed by atoms with Gasteiger partial charge in [0.1, 0.15) is 5.69 Å². The largest absolute Gasteiger partial charge is 0.456 e. The minimum absolute atomic E-state index is 0.0130. The number of anilines is 1. The molecule has 2 aromatic rings. The Labute approximate surface area is 160 Å². The molecule has 0 aromatic heterocycles. The lowest BCUT2D eigenvalue weighted by molar-refractivity contribution is -0.383. The molecule has 0 unspecified atom stereocenters. The van der Waals surface area contributed by atoms with Gasteiger partial charge in [0.15, 0.2) is 6.61 Å². The molecular weight excluding hydrogens is 366 g/mol. The summed E-state index contributed by atoms with van der Waals surface area (Å²) in [5.41, 5.74) is 1.08. The number of hydrogen-bond acceptors (Lipinski definition) is 6. The molecule has 0 fully saturated rings. The van der Waals surface area contributed by atoms with Gasteiger partial charge in [-0.1, -0.05) is 30.3 Å². The molecule has 0 radical (unpaired) electrons. The van der Waals surface area contributed by atoms with Crippen molar-refractivity contribution < 1.29 is 24.0 Å². The highest BCUT2D eigenvalue weighted by atomic mass is 16.6. The number of amides is 2. The fourth-order valence-corrected chi connectivity index (χ4v) is 2.34. The molecule has 28 heavy (non-hydrogen) atoms. The van der Waals surface area contributed by atoms with Crippen LogP contribution in [-0.4, -0.2) is 35.9 Å². The average Bonchev–Trinajstić information content (AvgIpc) is 2.67. The summed E-state index contributed by atoms with van der Waals surface area (Å²) < 4.78 is 4.82. The van der Waals surface area contributed by atoms with Gasteiger partial charge in [0.25, 0.3) is 17.5 Å². The van der Waals surface area contributed by atoms with E-state index in [1.807, 2.05) is 6.07 Å². The number of para-hydroxylation sites is 2. The van der Waals surface area contributed by atoms with E-state index in [1.165, 1.54) is 24.3 Å². The van der Waals surface area contributed by atoms with Crippen LogP contribution in [0, 0.1) is 17.0 Å². The predicted octanol–water partition coefficient (Wildman–Crippen LogP) is 2.21. The van der Waals surface area contributed by atoms with Gasteiger partial charge >= 0.3 is 5.97 Å². The van der Waals surface area contributed by atoms with Crippen molar-refractivity contribution in [2.24, 2.45) is 0 Å². The minimum Gasteiger partial charge on any atom is -0.456 e. The molecule has 0 aliphatic heterocycles. The minimum atomic E-state index is -0.702. The van der Waals surface area contributed by atoms with Crippen LogP contribution in [0.2, 0.25) is 0 Å². The monoisotopic (exact) mass is 385 g/mol. The van der Waals surface area contributed by atoms with Gasteiger partial charge in [0, 0.05) is 18.2 Å². The number of rotatable bonds is 8. The molecule has 0 atom stereocenters. The summed E-state index contributed by atoms with van der Waals surface area (Å²) in [4.78, 5) is 45.8. The van der Waals surface area contributed by atoms with Gasteiger partial charge < -0.3 is 15.4 Å². The van der Waals surface area contributed by atoms with Crippen LogP contribution in [0.4, 0.5) is 11.4 Å². The molecule has 0 spiro atoms. The van der Waals surface area contributed by atoms with Gasteiger partial charge in [-0.25, -0.2) is 0 Å². The summed E-state index contributed by atoms with van der Waals surface area (Å²) in [5, 5.41) is 15.8. The first-order chi connectivity index (χ1) is 13.4. The van der Waals surface area contributed by atoms with Gasteiger partial charge in [-0.2, -0.15) is 0 Å². The maximum Gasteiger partial charge on any atom is 0.308 e. The van der Waals surface area contributed by atoms with Crippen LogP contribution >= 0.6 is 0 Å². The Hall–Kier alpha value is -3.75. The normalized spacial score (nSPS) is 10.0. The Morgan fingerprint density at radius 1 is 1.07 bits per heavy atom. The Bertz CT molecular complexity index is 897. The second-order valence-corrected chi connectivity index (χ2v) is 5.80. The van der Waals surface area contributed by atoms with Crippen LogP contribution in [0.3, 0.4) is 0 Å². The van der Waals surface area contributed by atoms with Crippen molar-refractivity contribution in [2.45, 2.75) is 13.3 Å². The lowest BCUT2D eigenvalue weighted by Crippen LogP contribution is -2.28. The first-order valence-corrected chi connectivity index (χ1v) is 8.41. The zero-order chi connectivity index (χ0) is 20.5. The molecule has 9 nitrogen and oxygen atoms in total. The Morgan fingerprint density at radius 2 is 1.75 bits per heavy atom. The van der Waals surface area contributed by atoms with Gasteiger partial charge in [0.05, 0.1) is 11.3 Å². The summed E-state index contributed by atoms with van der Waals surface area (Å²) in [6, 6.07) is 12.7. The number of nitro benzene ring substituents is 1. The van der Waals surface area contributed by atoms with Gasteiger partial charge in [0.2, 0.25) is 0 Å². The number of benzene rings is 2. The molecular formula is C19H19N3O6. The van der Waals surface area contributed by atoms with E-state index in [9.17, 15) is 24.5 Å². The average molecular weight is 385 g/mol. The molecule has 2 amide bonds. The fraction of sp³-hybridized carbons (Fsp3) is 0.211. The number of nitro groups is 1. The Balaban J connectivity index is 1.74. The predicted molar refractivity (Wildman–Crippen MR) is 101 cm³/mol. The topological polar surface area (TPSA) is 128 Å². The first kappa shape index (κ1) is 20.6. The van der Waals surface area contributed by atoms with E-state index in [0.717, 1.165) is 5.56 Å². The summed E-state index contributed by atoms with van der Waals surface area (Å²) >= 11 is 0. The number of ether oxygens (including phenoxy) is 1. The summed E-state index contributed by atoms with van der Waals surface area (Å²) in [6.45, 7) is 1.27. The third kappa shape index (κ3) is 5.90. The highest BCUT2D eigenvalue weighted by Crippen LogP contribution is 2.22. The molecule has 2 rings (SSSR count). The van der Waals surface area contributed by atoms with Crippen LogP contribution in [0.1, 0.15) is 22.3 Å². The summed E-state index contributed by atoms with van der Waals surface area (Å²) in [7, 11) is 0. The van der Waals surface area contributed by atoms with E-state index in [-0.39, 0.29) is 30.2 Å². The molecule has 2 N–H and O–H groups in total. The lowest BCUT2D eigenvalue weighted by Gasteiger charge is -2.08. The van der Waals surface area contributed by atoms with E-state index in [4.69, 9.17) is 4.74 Å². The number of esters is 1. The second-order valence-electron chi connectivity index (χ2n) is 5.80. The van der Waals surface area contributed by atoms with Crippen molar-refractivity contribution in [1.29, 1.82) is 0 Å². The molecule has 0 aliphatic carbocycles. The second kappa shape index (κ2) is 9.81. The lowest BCUT2D eigenvalue weighted by atomic mass is 10.1. The summed E-state index contributed by atoms with van der Waals surface area (Å²) in [6.07, 6.45) is -0.115. The number of hydrogen-bond donors (Lipinski definition) is 2. The van der Waals surface area contributed by atoms with Gasteiger partial charge in [-0.15, -0.1) is 0 Å². The molecule has 2 aromatic carbocycles. The maximum absolute atomic E-state index is 12.0. The Morgan fingerprint density at radius 3 is 2.46 bits per heavy atom. The van der Waals surface area contributed by atoms with E-state index >= 15 is 0 Å². The standard InChI is InChI=1S/C19H19N3O6/c1-13-6-2-3-7-14(13)19(25)20-11-10-18(24)28-12-17(23)21-15-8-4-5-9-16(15)22(26)27/h2-9H,10-12H2,1H3,(H,20,25)(H,21,23). The van der Waals surface area contributed by atoms with E-state index in [1.54, 1.807) is 25.1 Å². The fourth-order valence-electron chi connectivity index (χ4n) is 2.34. The third-order valence-corrected chi connectivity index (χ3v) is 3.74. The van der Waals surface area contributed by atoms with Crippen molar-refractivity contribution in [1.82, 2.24) is 5.32 Å². The smallest absolute Gasteiger partial charge is 0.308 e. The molecule has 0 heterocycles. The number of aryl methyl sites for hydroxylation is 1. The molecule has 9 heteroatoms. The SMILES string of the molecule is Cc1ccccc1C(=O)NCCC(=O)OCC(=O)Nc1ccccc1[N+](=O)[O-]. The molecule has 0 saturated carbocycles. The number of nitrogens with zero attached hydrogens (tertiary/aromatic N) is 1. The molecule has 146 valence electrons. The quantitative estimate of drug-likeness (QED) is 0.407. The highest BCUT2D eigenvalue weighted by molar-refractivity contribution is 5.96. The van der Waals surface area contributed by atoms with E-state index < -0.39 is 23.4 Å². The van der Waals surface area contributed by atoms with Crippen LogP contribution in [0.5, 0.6) is 0 Å². The van der Waals surface area contributed by atoms with Crippen molar-refractivity contribution in [3.05, 3.63) is 69.8 Å². The van der Waals surface area contributed by atoms with Crippen molar-refractivity contribution in [3.8, 4) is 0 Å². The Kier molecular flexibility index (Phi) is 7.21. The van der Waals surface area contributed by atoms with E-state index in [2.05, 4.69) is 10.6 Å². The van der Waals surface area contributed by atoms with Crippen LogP contribution in [0.15, 0.2) is 48.5 Å². The van der Waals surface area contributed by atoms with Crippen molar-refractivity contribution in [2.75, 3.05) is 18.5 Å². The zero-order valence-corrected chi connectivity index (χ0v) is 15.1. The number of carbonyl (C=O) groups excluding carboxylic acids is 3. The summed E-state index contributed by atoms with van der Waals surface area (Å²) in [5.74, 6) is -1.69. The highest BCUT2D eigenvalue weighted by Gasteiger charge is 2.16. The van der Waals surface area contributed by atoms with Crippen molar-refractivity contribution >= 4 is 29.2 Å². The molecule has 0 bridgehead atoms. The molecule has 0 aliphatic rings. The van der Waals surface area contributed by atoms with Crippen LogP contribution in [0.25, 0.3) is 0 Å². The van der Waals surface area contributed by atoms with Crippen LogP contribution in [-0.2, 0) is 14.3 Å². The number of carbonyl (C=O) groups is 3. The van der Waals surface area contributed by atoms with Gasteiger partial charge in [-0.05, 0) is 24.6 Å². The molecule has 0 saturated heterocycles. The van der Waals surface area contributed by atoms with E-state index in [0.29, 0.717) is 5.56 Å². The van der Waals surface area contributed by atoms with Crippen LogP contribution < -0.4 is 10.6 Å². The zero-order valence-electron chi connectivity index (χ0n) is 15.1.